The second-order valence-corrected chi connectivity index (χ2v) is 7.14. The van der Waals surface area contributed by atoms with E-state index in [2.05, 4.69) is 5.32 Å². The lowest BCUT2D eigenvalue weighted by Gasteiger charge is -2.20. The van der Waals surface area contributed by atoms with Crippen LogP contribution in [0.3, 0.4) is 0 Å². The normalized spacial score (nSPS) is 15.0. The van der Waals surface area contributed by atoms with Gasteiger partial charge in [0.05, 0.1) is 18.6 Å². The molecule has 1 fully saturated rings. The largest absolute Gasteiger partial charge is 0.497 e. The summed E-state index contributed by atoms with van der Waals surface area (Å²) in [5.74, 6) is 0.131. The fourth-order valence-corrected chi connectivity index (χ4v) is 2.84. The van der Waals surface area contributed by atoms with Crippen molar-refractivity contribution in [1.82, 2.24) is 5.32 Å². The molecule has 0 heterocycles. The molecule has 2 rings (SSSR count). The van der Waals surface area contributed by atoms with Crippen LogP contribution in [0.1, 0.15) is 51.5 Å². The number of aliphatic carboxylic acids is 1. The highest BCUT2D eigenvalue weighted by atomic mass is 16.5. The first-order valence-electron chi connectivity index (χ1n) is 8.65. The number of benzene rings is 1. The first kappa shape index (κ1) is 19.1. The van der Waals surface area contributed by atoms with E-state index < -0.39 is 11.4 Å². The number of ether oxygens (including phenoxy) is 2. The van der Waals surface area contributed by atoms with E-state index in [1.54, 1.807) is 7.11 Å². The minimum Gasteiger partial charge on any atom is -0.497 e. The lowest BCUT2D eigenvalue weighted by Crippen LogP contribution is -2.33. The number of carboxylic acid groups (broad SMARTS) is 1. The van der Waals surface area contributed by atoms with Gasteiger partial charge in [0.25, 0.3) is 0 Å². The molecule has 6 nitrogen and oxygen atoms in total. The van der Waals surface area contributed by atoms with Crippen LogP contribution in [0.5, 0.6) is 11.5 Å². The molecule has 0 aromatic heterocycles. The van der Waals surface area contributed by atoms with Crippen molar-refractivity contribution in [3.05, 3.63) is 23.8 Å². The zero-order chi connectivity index (χ0) is 18.4. The van der Waals surface area contributed by atoms with Crippen LogP contribution >= 0.6 is 0 Å². The second-order valence-electron chi connectivity index (χ2n) is 7.14. The highest BCUT2D eigenvalue weighted by molar-refractivity contribution is 5.84. The number of hydrogen-bond acceptors (Lipinski definition) is 4. The average Bonchev–Trinajstić information content (AvgIpc) is 3.06. The van der Waals surface area contributed by atoms with Gasteiger partial charge in [0.15, 0.2) is 0 Å². The fraction of sp³-hybridized carbons (Fsp3) is 0.579. The van der Waals surface area contributed by atoms with Crippen molar-refractivity contribution in [1.29, 1.82) is 0 Å². The summed E-state index contributed by atoms with van der Waals surface area (Å²) >= 11 is 0. The molecular formula is C19H27NO5. The zero-order valence-corrected chi connectivity index (χ0v) is 15.1. The van der Waals surface area contributed by atoms with Crippen LogP contribution in [0.25, 0.3) is 0 Å². The Labute approximate surface area is 148 Å². The fourth-order valence-electron chi connectivity index (χ4n) is 2.84. The predicted octanol–water partition coefficient (Wildman–Crippen LogP) is 3.13. The van der Waals surface area contributed by atoms with Crippen LogP contribution in [0.2, 0.25) is 0 Å². The van der Waals surface area contributed by atoms with Gasteiger partial charge in [-0.1, -0.05) is 0 Å². The van der Waals surface area contributed by atoms with E-state index in [4.69, 9.17) is 14.6 Å². The van der Waals surface area contributed by atoms with Crippen molar-refractivity contribution in [3.8, 4) is 11.5 Å². The molecule has 0 atom stereocenters. The van der Waals surface area contributed by atoms with Crippen molar-refractivity contribution in [2.45, 2.75) is 58.6 Å². The summed E-state index contributed by atoms with van der Waals surface area (Å²) in [6, 6.07) is 5.52. The van der Waals surface area contributed by atoms with Gasteiger partial charge in [0, 0.05) is 24.6 Å². The highest BCUT2D eigenvalue weighted by Gasteiger charge is 2.30. The molecule has 1 aromatic rings. The van der Waals surface area contributed by atoms with Crippen molar-refractivity contribution >= 4 is 11.9 Å². The number of carbonyl (C=O) groups is 2. The Balaban J connectivity index is 2.02. The summed E-state index contributed by atoms with van der Waals surface area (Å²) in [6.45, 7) is 3.37. The van der Waals surface area contributed by atoms with Crippen LogP contribution in [0, 0.1) is 5.41 Å². The lowest BCUT2D eigenvalue weighted by molar-refractivity contribution is -0.149. The maximum atomic E-state index is 12.1. The quantitative estimate of drug-likeness (QED) is 0.753. The van der Waals surface area contributed by atoms with Crippen LogP contribution in [0.4, 0.5) is 0 Å². The minimum absolute atomic E-state index is 0.0721. The van der Waals surface area contributed by atoms with Gasteiger partial charge in [-0.2, -0.15) is 0 Å². The Bertz CT molecular complexity index is 620. The maximum absolute atomic E-state index is 12.1. The molecule has 0 saturated heterocycles. The van der Waals surface area contributed by atoms with E-state index in [-0.39, 0.29) is 18.4 Å². The van der Waals surface area contributed by atoms with Gasteiger partial charge in [-0.3, -0.25) is 9.59 Å². The Morgan fingerprint density at radius 1 is 1.28 bits per heavy atom. The van der Waals surface area contributed by atoms with E-state index in [9.17, 15) is 9.59 Å². The molecule has 1 aliphatic rings. The van der Waals surface area contributed by atoms with E-state index in [0.717, 1.165) is 18.4 Å². The molecule has 138 valence electrons. The smallest absolute Gasteiger partial charge is 0.309 e. The van der Waals surface area contributed by atoms with Gasteiger partial charge >= 0.3 is 5.97 Å². The van der Waals surface area contributed by atoms with Crippen molar-refractivity contribution < 1.29 is 24.2 Å². The number of carboxylic acids is 1. The monoisotopic (exact) mass is 349 g/mol. The van der Waals surface area contributed by atoms with Crippen LogP contribution in [-0.4, -0.2) is 30.2 Å². The molecule has 2 N–H and O–H groups in total. The number of hydrogen-bond donors (Lipinski definition) is 2. The van der Waals surface area contributed by atoms with Gasteiger partial charge < -0.3 is 19.9 Å². The van der Waals surface area contributed by atoms with Gasteiger partial charge in [0.1, 0.15) is 11.5 Å². The van der Waals surface area contributed by atoms with E-state index >= 15 is 0 Å². The molecule has 0 spiro atoms. The molecule has 0 radical (unpaired) electrons. The van der Waals surface area contributed by atoms with Gasteiger partial charge in [-0.25, -0.2) is 0 Å². The molecule has 25 heavy (non-hydrogen) atoms. The number of rotatable bonds is 8. The molecule has 6 heteroatoms. The molecule has 1 amide bonds. The van der Waals surface area contributed by atoms with Crippen LogP contribution in [-0.2, 0) is 16.1 Å². The van der Waals surface area contributed by atoms with Crippen LogP contribution < -0.4 is 14.8 Å². The minimum atomic E-state index is -1.09. The Morgan fingerprint density at radius 3 is 2.56 bits per heavy atom. The van der Waals surface area contributed by atoms with E-state index in [0.29, 0.717) is 18.0 Å². The first-order valence-corrected chi connectivity index (χ1v) is 8.65. The van der Waals surface area contributed by atoms with Gasteiger partial charge in [-0.05, 0) is 51.7 Å². The summed E-state index contributed by atoms with van der Waals surface area (Å²) in [7, 11) is 1.60. The third kappa shape index (κ3) is 5.37. The molecule has 1 aromatic carbocycles. The Morgan fingerprint density at radius 2 is 1.96 bits per heavy atom. The summed E-state index contributed by atoms with van der Waals surface area (Å²) in [5.41, 5.74) is -0.234. The molecule has 0 bridgehead atoms. The van der Waals surface area contributed by atoms with Crippen LogP contribution in [0.15, 0.2) is 18.2 Å². The summed E-state index contributed by atoms with van der Waals surface area (Å²) in [4.78, 5) is 23.2. The number of nitrogens with one attached hydrogen (secondary N) is 1. The average molecular weight is 349 g/mol. The Hall–Kier alpha value is -2.24. The van der Waals surface area contributed by atoms with Gasteiger partial charge in [-0.15, -0.1) is 0 Å². The van der Waals surface area contributed by atoms with Gasteiger partial charge in [0.2, 0.25) is 5.91 Å². The maximum Gasteiger partial charge on any atom is 0.309 e. The second kappa shape index (κ2) is 8.23. The number of carbonyl (C=O) groups excluding carboxylic acids is 1. The summed E-state index contributed by atoms with van der Waals surface area (Å²) < 4.78 is 11.4. The molecule has 1 aliphatic carbocycles. The highest BCUT2D eigenvalue weighted by Crippen LogP contribution is 2.30. The van der Waals surface area contributed by atoms with Crippen molar-refractivity contribution in [2.75, 3.05) is 7.11 Å². The predicted molar refractivity (Wildman–Crippen MR) is 93.8 cm³/mol. The molecule has 1 saturated carbocycles. The molecule has 0 unspecified atom stereocenters. The summed E-state index contributed by atoms with van der Waals surface area (Å²) in [5, 5.41) is 11.9. The standard InChI is InChI=1S/C19H27NO5/c1-19(2,18(22)23)11-17(21)20-12-13-8-9-15(24-3)10-16(13)25-14-6-4-5-7-14/h8-10,14H,4-7,11-12H2,1-3H3,(H,20,21)(H,22,23). The molecular weight excluding hydrogens is 322 g/mol. The van der Waals surface area contributed by atoms with E-state index in [1.165, 1.54) is 26.7 Å². The molecule has 0 aliphatic heterocycles. The Kier molecular flexibility index (Phi) is 6.28. The first-order chi connectivity index (χ1) is 11.8. The number of amides is 1. The lowest BCUT2D eigenvalue weighted by atomic mass is 9.89. The third-order valence-electron chi connectivity index (χ3n) is 4.53. The van der Waals surface area contributed by atoms with E-state index in [1.807, 2.05) is 18.2 Å². The zero-order valence-electron chi connectivity index (χ0n) is 15.1. The van der Waals surface area contributed by atoms with Crippen molar-refractivity contribution in [2.24, 2.45) is 5.41 Å². The van der Waals surface area contributed by atoms with Crippen molar-refractivity contribution in [3.63, 3.8) is 0 Å². The summed E-state index contributed by atoms with van der Waals surface area (Å²) in [6.07, 6.45) is 4.55. The SMILES string of the molecule is COc1ccc(CNC(=O)CC(C)(C)C(=O)O)c(OC2CCCC2)c1. The topological polar surface area (TPSA) is 84.9 Å². The third-order valence-corrected chi connectivity index (χ3v) is 4.53. The number of methoxy groups -OCH3 is 1.